The molecule has 1 heterocycles. The summed E-state index contributed by atoms with van der Waals surface area (Å²) in [4.78, 5) is 4.97. The van der Waals surface area contributed by atoms with Crippen LogP contribution in [0.5, 0.6) is 0 Å². The summed E-state index contributed by atoms with van der Waals surface area (Å²) < 4.78 is 0. The Morgan fingerprint density at radius 2 is 1.67 bits per heavy atom. The van der Waals surface area contributed by atoms with E-state index >= 15 is 0 Å². The van der Waals surface area contributed by atoms with Gasteiger partial charge in [-0.2, -0.15) is 0 Å². The molecule has 1 atom stereocenters. The third-order valence-corrected chi connectivity index (χ3v) is 4.69. The molecule has 18 heavy (non-hydrogen) atoms. The minimum Gasteiger partial charge on any atom is -0.392 e. The fourth-order valence-electron chi connectivity index (χ4n) is 3.47. The molecule has 3 heteroatoms. The average Bonchev–Trinajstić information content (AvgIpc) is 2.82. The lowest BCUT2D eigenvalue weighted by molar-refractivity contribution is 0.0522. The molecule has 0 amide bonds. The highest BCUT2D eigenvalue weighted by molar-refractivity contribution is 4.78. The lowest BCUT2D eigenvalue weighted by Gasteiger charge is -2.37. The van der Waals surface area contributed by atoms with E-state index in [2.05, 4.69) is 23.6 Å². The van der Waals surface area contributed by atoms with Gasteiger partial charge in [-0.3, -0.25) is 9.80 Å². The van der Waals surface area contributed by atoms with Crippen molar-refractivity contribution in [1.29, 1.82) is 0 Å². The van der Waals surface area contributed by atoms with Gasteiger partial charge >= 0.3 is 0 Å². The number of hydrogen-bond donors (Lipinski definition) is 1. The van der Waals surface area contributed by atoms with E-state index in [0.717, 1.165) is 45.1 Å². The Hall–Kier alpha value is -0.120. The van der Waals surface area contributed by atoms with Crippen LogP contribution in [-0.4, -0.2) is 59.8 Å². The van der Waals surface area contributed by atoms with Crippen LogP contribution in [0.25, 0.3) is 0 Å². The molecule has 2 rings (SSSR count). The van der Waals surface area contributed by atoms with Gasteiger partial charge in [-0.1, -0.05) is 25.7 Å². The number of β-amino-alcohol motifs (C(OH)–C–C–N with tert-alkyl or cyclic N) is 1. The molecule has 1 saturated heterocycles. The predicted molar refractivity (Wildman–Crippen MR) is 75.7 cm³/mol. The number of piperazine rings is 1. The third-order valence-electron chi connectivity index (χ3n) is 4.69. The minimum absolute atomic E-state index is 0.0984. The van der Waals surface area contributed by atoms with E-state index in [4.69, 9.17) is 0 Å². The highest BCUT2D eigenvalue weighted by Gasteiger charge is 2.23. The fourth-order valence-corrected chi connectivity index (χ4v) is 3.47. The molecule has 1 aliphatic carbocycles. The van der Waals surface area contributed by atoms with E-state index in [1.165, 1.54) is 25.7 Å². The summed E-state index contributed by atoms with van der Waals surface area (Å²) >= 11 is 0. The number of aliphatic hydroxyl groups is 1. The highest BCUT2D eigenvalue weighted by atomic mass is 16.3. The second kappa shape index (κ2) is 6.88. The molecule has 1 saturated carbocycles. The molecule has 0 aromatic heterocycles. The first kappa shape index (κ1) is 14.3. The van der Waals surface area contributed by atoms with Crippen LogP contribution < -0.4 is 0 Å². The van der Waals surface area contributed by atoms with Gasteiger partial charge in [-0.05, 0) is 26.2 Å². The summed E-state index contributed by atoms with van der Waals surface area (Å²) in [5, 5.41) is 10.2. The topological polar surface area (TPSA) is 26.7 Å². The van der Waals surface area contributed by atoms with Crippen molar-refractivity contribution in [3.63, 3.8) is 0 Å². The summed E-state index contributed by atoms with van der Waals surface area (Å²) in [5.74, 6) is 0.803. The van der Waals surface area contributed by atoms with Crippen LogP contribution in [0.1, 0.15) is 46.0 Å². The first-order chi connectivity index (χ1) is 8.65. The summed E-state index contributed by atoms with van der Waals surface area (Å²) in [6.07, 6.45) is 6.38. The fraction of sp³-hybridized carbons (Fsp3) is 1.00. The lowest BCUT2D eigenvalue weighted by Crippen LogP contribution is -2.50. The van der Waals surface area contributed by atoms with Gasteiger partial charge < -0.3 is 5.11 Å². The maximum Gasteiger partial charge on any atom is 0.0669 e. The summed E-state index contributed by atoms with van der Waals surface area (Å²) in [6, 6.07) is 0.663. The van der Waals surface area contributed by atoms with Gasteiger partial charge in [0.25, 0.3) is 0 Å². The van der Waals surface area contributed by atoms with E-state index in [9.17, 15) is 5.11 Å². The van der Waals surface area contributed by atoms with Crippen molar-refractivity contribution in [3.05, 3.63) is 0 Å². The quantitative estimate of drug-likeness (QED) is 0.812. The molecule has 1 aliphatic heterocycles. The minimum atomic E-state index is -0.0984. The molecular formula is C15H30N2O. The van der Waals surface area contributed by atoms with E-state index < -0.39 is 0 Å². The average molecular weight is 254 g/mol. The van der Waals surface area contributed by atoms with Crippen molar-refractivity contribution in [3.8, 4) is 0 Å². The summed E-state index contributed by atoms with van der Waals surface area (Å²) in [7, 11) is 0. The second-order valence-electron chi connectivity index (χ2n) is 6.47. The highest BCUT2D eigenvalue weighted by Crippen LogP contribution is 2.28. The van der Waals surface area contributed by atoms with Gasteiger partial charge in [0.05, 0.1) is 6.10 Å². The van der Waals surface area contributed by atoms with Crippen molar-refractivity contribution in [2.24, 2.45) is 5.92 Å². The zero-order chi connectivity index (χ0) is 13.0. The molecule has 0 aromatic rings. The van der Waals surface area contributed by atoms with Gasteiger partial charge in [-0.15, -0.1) is 0 Å². The Labute approximate surface area is 112 Å². The van der Waals surface area contributed by atoms with Gasteiger partial charge in [0.15, 0.2) is 0 Å². The molecule has 3 nitrogen and oxygen atoms in total. The van der Waals surface area contributed by atoms with E-state index in [1.807, 2.05) is 0 Å². The van der Waals surface area contributed by atoms with Gasteiger partial charge in [0.1, 0.15) is 0 Å². The van der Waals surface area contributed by atoms with Crippen LogP contribution in [-0.2, 0) is 0 Å². The third kappa shape index (κ3) is 4.22. The molecule has 0 spiro atoms. The van der Waals surface area contributed by atoms with Crippen LogP contribution in [0, 0.1) is 5.92 Å². The predicted octanol–water partition coefficient (Wildman–Crippen LogP) is 1.95. The van der Waals surface area contributed by atoms with Crippen LogP contribution in [0.2, 0.25) is 0 Å². The van der Waals surface area contributed by atoms with Crippen molar-refractivity contribution >= 4 is 0 Å². The zero-order valence-electron chi connectivity index (χ0n) is 12.1. The number of hydrogen-bond acceptors (Lipinski definition) is 3. The molecule has 0 radical (unpaired) electrons. The van der Waals surface area contributed by atoms with Gasteiger partial charge in [0.2, 0.25) is 0 Å². The van der Waals surface area contributed by atoms with Crippen molar-refractivity contribution in [1.82, 2.24) is 9.80 Å². The first-order valence-electron chi connectivity index (χ1n) is 7.79. The van der Waals surface area contributed by atoms with Crippen LogP contribution >= 0.6 is 0 Å². The molecular weight excluding hydrogens is 224 g/mol. The number of rotatable bonds is 5. The van der Waals surface area contributed by atoms with Crippen molar-refractivity contribution in [2.75, 3.05) is 32.7 Å². The summed E-state index contributed by atoms with van der Waals surface area (Å²) in [5.41, 5.74) is 0. The summed E-state index contributed by atoms with van der Waals surface area (Å²) in [6.45, 7) is 10.00. The standard InChI is InChI=1S/C15H30N2O/c1-13(2)17-9-7-16(8-10-17)12-15(18)11-14-5-3-4-6-14/h13-15,18H,3-12H2,1-2H3. The molecule has 0 bridgehead atoms. The van der Waals surface area contributed by atoms with Crippen LogP contribution in [0.15, 0.2) is 0 Å². The molecule has 2 aliphatic rings. The second-order valence-corrected chi connectivity index (χ2v) is 6.47. The maximum atomic E-state index is 10.2. The van der Waals surface area contributed by atoms with E-state index in [-0.39, 0.29) is 6.10 Å². The largest absolute Gasteiger partial charge is 0.392 e. The monoisotopic (exact) mass is 254 g/mol. The smallest absolute Gasteiger partial charge is 0.0669 e. The SMILES string of the molecule is CC(C)N1CCN(CC(O)CC2CCCC2)CC1. The first-order valence-corrected chi connectivity index (χ1v) is 7.79. The molecule has 1 N–H and O–H groups in total. The Kier molecular flexibility index (Phi) is 5.46. The van der Waals surface area contributed by atoms with E-state index in [0.29, 0.717) is 6.04 Å². The molecule has 0 aromatic carbocycles. The van der Waals surface area contributed by atoms with Crippen molar-refractivity contribution < 1.29 is 5.11 Å². The molecule has 106 valence electrons. The number of aliphatic hydroxyl groups excluding tert-OH is 1. The molecule has 1 unspecified atom stereocenters. The van der Waals surface area contributed by atoms with Crippen LogP contribution in [0.3, 0.4) is 0 Å². The molecule has 2 fully saturated rings. The Morgan fingerprint density at radius 3 is 2.22 bits per heavy atom. The van der Waals surface area contributed by atoms with Gasteiger partial charge in [0, 0.05) is 38.8 Å². The normalized spacial score (nSPS) is 26.0. The lowest BCUT2D eigenvalue weighted by atomic mass is 9.99. The van der Waals surface area contributed by atoms with Gasteiger partial charge in [-0.25, -0.2) is 0 Å². The number of nitrogens with zero attached hydrogens (tertiary/aromatic N) is 2. The van der Waals surface area contributed by atoms with Crippen LogP contribution in [0.4, 0.5) is 0 Å². The van der Waals surface area contributed by atoms with E-state index in [1.54, 1.807) is 0 Å². The maximum absolute atomic E-state index is 10.2. The zero-order valence-corrected chi connectivity index (χ0v) is 12.1. The Balaban J connectivity index is 1.64. The Bertz CT molecular complexity index is 231. The van der Waals surface area contributed by atoms with Crippen molar-refractivity contribution in [2.45, 2.75) is 58.1 Å². The Morgan fingerprint density at radius 1 is 1.06 bits per heavy atom.